The van der Waals surface area contributed by atoms with Crippen LogP contribution in [-0.4, -0.2) is 26.1 Å². The summed E-state index contributed by atoms with van der Waals surface area (Å²) in [6.07, 6.45) is 0. The Morgan fingerprint density at radius 3 is 2.81 bits per heavy atom. The van der Waals surface area contributed by atoms with E-state index in [-0.39, 0.29) is 12.5 Å². The van der Waals surface area contributed by atoms with Crippen molar-refractivity contribution in [1.29, 1.82) is 0 Å². The predicted molar refractivity (Wildman–Crippen MR) is 81.2 cm³/mol. The number of rotatable bonds is 4. The molecule has 1 N–H and O–H groups in total. The molecule has 0 aliphatic carbocycles. The fourth-order valence-electron chi connectivity index (χ4n) is 1.68. The number of hydrogen-bond acceptors (Lipinski definition) is 5. The number of anilines is 1. The molecule has 2 heterocycles. The highest BCUT2D eigenvalue weighted by Crippen LogP contribution is 2.19. The van der Waals surface area contributed by atoms with Gasteiger partial charge in [-0.2, -0.15) is 4.80 Å². The third kappa shape index (κ3) is 3.45. The van der Waals surface area contributed by atoms with E-state index in [0.29, 0.717) is 16.5 Å². The number of hydrogen-bond donors (Lipinski definition) is 1. The van der Waals surface area contributed by atoms with Gasteiger partial charge in [0.05, 0.1) is 4.88 Å². The van der Waals surface area contributed by atoms with Crippen LogP contribution >= 0.6 is 22.9 Å². The molecule has 0 unspecified atom stereocenters. The number of tetrazole rings is 1. The van der Waals surface area contributed by atoms with E-state index in [0.717, 1.165) is 4.88 Å². The lowest BCUT2D eigenvalue weighted by Crippen LogP contribution is -2.20. The Hall–Kier alpha value is -2.25. The normalized spacial score (nSPS) is 10.5. The van der Waals surface area contributed by atoms with Gasteiger partial charge < -0.3 is 5.32 Å². The number of aromatic nitrogens is 4. The van der Waals surface area contributed by atoms with Crippen molar-refractivity contribution in [3.05, 3.63) is 46.8 Å². The zero-order chi connectivity index (χ0) is 14.7. The van der Waals surface area contributed by atoms with Gasteiger partial charge in [0, 0.05) is 10.7 Å². The SMILES string of the molecule is O=C(Cn1nnc(-c2cccs2)n1)Nc1ccc(Cl)cc1. The maximum atomic E-state index is 11.9. The van der Waals surface area contributed by atoms with Crippen LogP contribution in [0.25, 0.3) is 10.7 Å². The van der Waals surface area contributed by atoms with Gasteiger partial charge in [0.15, 0.2) is 0 Å². The first-order valence-corrected chi connectivity index (χ1v) is 7.33. The smallest absolute Gasteiger partial charge is 0.248 e. The molecule has 8 heteroatoms. The minimum Gasteiger partial charge on any atom is -0.324 e. The monoisotopic (exact) mass is 319 g/mol. The van der Waals surface area contributed by atoms with Crippen LogP contribution < -0.4 is 5.32 Å². The van der Waals surface area contributed by atoms with Gasteiger partial charge >= 0.3 is 0 Å². The molecule has 0 saturated carbocycles. The lowest BCUT2D eigenvalue weighted by atomic mass is 10.3. The van der Waals surface area contributed by atoms with Crippen LogP contribution in [0.3, 0.4) is 0 Å². The molecule has 1 amide bonds. The molecule has 0 aliphatic rings. The molecule has 3 aromatic rings. The Kier molecular flexibility index (Phi) is 3.94. The highest BCUT2D eigenvalue weighted by atomic mass is 35.5. The van der Waals surface area contributed by atoms with Crippen LogP contribution in [0.1, 0.15) is 0 Å². The summed E-state index contributed by atoms with van der Waals surface area (Å²) in [5.41, 5.74) is 0.669. The van der Waals surface area contributed by atoms with Crippen LogP contribution in [0.5, 0.6) is 0 Å². The van der Waals surface area contributed by atoms with Crippen LogP contribution in [-0.2, 0) is 11.3 Å². The van der Waals surface area contributed by atoms with Gasteiger partial charge in [-0.15, -0.1) is 21.5 Å². The maximum absolute atomic E-state index is 11.9. The average molecular weight is 320 g/mol. The van der Waals surface area contributed by atoms with E-state index < -0.39 is 0 Å². The molecule has 106 valence electrons. The summed E-state index contributed by atoms with van der Waals surface area (Å²) in [6, 6.07) is 10.7. The fraction of sp³-hybridized carbons (Fsp3) is 0.0769. The molecule has 6 nitrogen and oxygen atoms in total. The van der Waals surface area contributed by atoms with Gasteiger partial charge in [0.25, 0.3) is 0 Å². The molecule has 1 aromatic carbocycles. The predicted octanol–water partition coefficient (Wildman–Crippen LogP) is 2.69. The van der Waals surface area contributed by atoms with E-state index >= 15 is 0 Å². The summed E-state index contributed by atoms with van der Waals surface area (Å²) >= 11 is 7.31. The Morgan fingerprint density at radius 2 is 2.10 bits per heavy atom. The van der Waals surface area contributed by atoms with Crippen molar-refractivity contribution in [2.24, 2.45) is 0 Å². The summed E-state index contributed by atoms with van der Waals surface area (Å²) in [5.74, 6) is 0.289. The highest BCUT2D eigenvalue weighted by molar-refractivity contribution is 7.13. The topological polar surface area (TPSA) is 72.7 Å². The highest BCUT2D eigenvalue weighted by Gasteiger charge is 2.10. The first kappa shape index (κ1) is 13.7. The largest absolute Gasteiger partial charge is 0.324 e. The van der Waals surface area contributed by atoms with Gasteiger partial charge in [-0.25, -0.2) is 0 Å². The Morgan fingerprint density at radius 1 is 1.29 bits per heavy atom. The fourth-order valence-corrected chi connectivity index (χ4v) is 2.45. The average Bonchev–Trinajstić information content (AvgIpc) is 3.12. The number of carbonyl (C=O) groups is 1. The standard InChI is InChI=1S/C13H10ClN5OS/c14-9-3-5-10(6-4-9)15-12(20)8-19-17-13(16-18-19)11-2-1-7-21-11/h1-7H,8H2,(H,15,20). The van der Waals surface area contributed by atoms with E-state index in [4.69, 9.17) is 11.6 Å². The molecule has 0 fully saturated rings. The minimum absolute atomic E-state index is 0.000994. The van der Waals surface area contributed by atoms with Gasteiger partial charge in [-0.05, 0) is 40.9 Å². The molecular formula is C13H10ClN5OS. The molecule has 2 aromatic heterocycles. The van der Waals surface area contributed by atoms with Crippen molar-refractivity contribution < 1.29 is 4.79 Å². The number of thiophene rings is 1. The number of benzene rings is 1. The lowest BCUT2D eigenvalue weighted by molar-refractivity contribution is -0.117. The van der Waals surface area contributed by atoms with Gasteiger partial charge in [0.1, 0.15) is 6.54 Å². The van der Waals surface area contributed by atoms with Crippen molar-refractivity contribution in [2.45, 2.75) is 6.54 Å². The quantitative estimate of drug-likeness (QED) is 0.802. The Bertz CT molecular complexity index is 738. The number of amides is 1. The van der Waals surface area contributed by atoms with Crippen LogP contribution in [0.2, 0.25) is 5.02 Å². The first-order chi connectivity index (χ1) is 10.2. The number of nitrogens with one attached hydrogen (secondary N) is 1. The van der Waals surface area contributed by atoms with Gasteiger partial charge in [0.2, 0.25) is 11.7 Å². The van der Waals surface area contributed by atoms with Crippen molar-refractivity contribution in [3.8, 4) is 10.7 Å². The molecule has 21 heavy (non-hydrogen) atoms. The Balaban J connectivity index is 1.64. The van der Waals surface area contributed by atoms with Crippen molar-refractivity contribution in [3.63, 3.8) is 0 Å². The summed E-state index contributed by atoms with van der Waals surface area (Å²) in [7, 11) is 0. The van der Waals surface area contributed by atoms with Crippen LogP contribution in [0.15, 0.2) is 41.8 Å². The molecule has 0 saturated heterocycles. The zero-order valence-electron chi connectivity index (χ0n) is 10.7. The molecule has 3 rings (SSSR count). The molecule has 0 radical (unpaired) electrons. The van der Waals surface area contributed by atoms with Crippen LogP contribution in [0, 0.1) is 0 Å². The molecule has 0 aliphatic heterocycles. The van der Waals surface area contributed by atoms with Crippen molar-refractivity contribution >= 4 is 34.5 Å². The van der Waals surface area contributed by atoms with E-state index in [2.05, 4.69) is 20.7 Å². The number of carbonyl (C=O) groups excluding carboxylic acids is 1. The summed E-state index contributed by atoms with van der Waals surface area (Å²) < 4.78 is 0. The summed E-state index contributed by atoms with van der Waals surface area (Å²) in [5, 5.41) is 17.3. The van der Waals surface area contributed by atoms with E-state index in [1.807, 2.05) is 17.5 Å². The number of nitrogens with zero attached hydrogens (tertiary/aromatic N) is 4. The first-order valence-electron chi connectivity index (χ1n) is 6.08. The second-order valence-electron chi connectivity index (χ2n) is 4.18. The minimum atomic E-state index is -0.229. The summed E-state index contributed by atoms with van der Waals surface area (Å²) in [6.45, 7) is 0.000994. The summed E-state index contributed by atoms with van der Waals surface area (Å²) in [4.78, 5) is 14.1. The molecule has 0 spiro atoms. The van der Waals surface area contributed by atoms with Gasteiger partial charge in [-0.1, -0.05) is 17.7 Å². The van der Waals surface area contributed by atoms with Crippen LogP contribution in [0.4, 0.5) is 5.69 Å². The maximum Gasteiger partial charge on any atom is 0.248 e. The molecular weight excluding hydrogens is 310 g/mol. The van der Waals surface area contributed by atoms with E-state index in [9.17, 15) is 4.79 Å². The van der Waals surface area contributed by atoms with Gasteiger partial charge in [-0.3, -0.25) is 4.79 Å². The zero-order valence-corrected chi connectivity index (χ0v) is 12.3. The number of halogens is 1. The van der Waals surface area contributed by atoms with Crippen molar-refractivity contribution in [2.75, 3.05) is 5.32 Å². The van der Waals surface area contributed by atoms with E-state index in [1.54, 1.807) is 24.3 Å². The van der Waals surface area contributed by atoms with E-state index in [1.165, 1.54) is 16.1 Å². The molecule has 0 atom stereocenters. The lowest BCUT2D eigenvalue weighted by Gasteiger charge is -2.03. The van der Waals surface area contributed by atoms with Crippen molar-refractivity contribution in [1.82, 2.24) is 20.2 Å². The Labute approximate surface area is 129 Å². The third-order valence-corrected chi connectivity index (χ3v) is 3.73. The second-order valence-corrected chi connectivity index (χ2v) is 5.56. The molecule has 0 bridgehead atoms. The third-order valence-electron chi connectivity index (χ3n) is 2.61. The second kappa shape index (κ2) is 6.02.